The number of thiazole rings is 1. The first-order valence-electron chi connectivity index (χ1n) is 10.9. The Labute approximate surface area is 195 Å². The highest BCUT2D eigenvalue weighted by Crippen LogP contribution is 2.35. The molecule has 1 aliphatic heterocycles. The molecule has 33 heavy (non-hydrogen) atoms. The zero-order valence-electron chi connectivity index (χ0n) is 18.4. The third-order valence-corrected chi connectivity index (χ3v) is 6.51. The van der Waals surface area contributed by atoms with Gasteiger partial charge in [0.05, 0.1) is 18.7 Å². The first-order chi connectivity index (χ1) is 16.0. The molecule has 0 unspecified atom stereocenters. The van der Waals surface area contributed by atoms with Gasteiger partial charge in [-0.15, -0.1) is 11.3 Å². The van der Waals surface area contributed by atoms with Crippen LogP contribution >= 0.6 is 11.3 Å². The molecule has 1 atom stereocenters. The minimum Gasteiger partial charge on any atom is -0.494 e. The number of benzene rings is 2. The normalized spacial score (nSPS) is 14.8. The van der Waals surface area contributed by atoms with Crippen molar-refractivity contribution in [2.24, 2.45) is 0 Å². The van der Waals surface area contributed by atoms with E-state index in [2.05, 4.69) is 10.3 Å². The van der Waals surface area contributed by atoms with Gasteiger partial charge in [0.2, 0.25) is 5.91 Å². The van der Waals surface area contributed by atoms with Gasteiger partial charge in [-0.1, -0.05) is 0 Å². The van der Waals surface area contributed by atoms with Crippen LogP contribution in [0.25, 0.3) is 16.2 Å². The molecule has 0 spiro atoms. The number of ether oxygens (including phenoxy) is 2. The van der Waals surface area contributed by atoms with Crippen LogP contribution in [0, 0.1) is 5.82 Å². The number of aromatic nitrogens is 2. The standard InChI is InChI=1S/C25H24FN3O3S/c1-3-31-22-9-17-8-15(2)32-23(17)10-18(22)12-27-24(30)11-20-14-33-25-28-21(13-29(20)25)16-4-6-19(26)7-5-16/h4-7,9-10,13-15H,3,8,11-12H2,1-2H3,(H,27,30)/t15-/m1/s1. The molecule has 0 radical (unpaired) electrons. The lowest BCUT2D eigenvalue weighted by molar-refractivity contribution is -0.120. The summed E-state index contributed by atoms with van der Waals surface area (Å²) < 4.78 is 26.8. The smallest absolute Gasteiger partial charge is 0.226 e. The number of halogens is 1. The van der Waals surface area contributed by atoms with Crippen LogP contribution in [0.1, 0.15) is 30.7 Å². The number of hydrogen-bond acceptors (Lipinski definition) is 5. The number of nitrogens with one attached hydrogen (secondary N) is 1. The minimum absolute atomic E-state index is 0.0936. The Morgan fingerprint density at radius 3 is 2.94 bits per heavy atom. The van der Waals surface area contributed by atoms with Crippen molar-refractivity contribution in [2.75, 3.05) is 6.61 Å². The molecule has 0 saturated heterocycles. The van der Waals surface area contributed by atoms with Crippen LogP contribution in [0.4, 0.5) is 4.39 Å². The molecule has 1 amide bonds. The SMILES string of the molecule is CCOc1cc2c(cc1CNC(=O)Cc1csc3nc(-c4ccc(F)cc4)cn13)O[C@H](C)C2. The Morgan fingerprint density at radius 2 is 2.15 bits per heavy atom. The summed E-state index contributed by atoms with van der Waals surface area (Å²) in [5, 5.41) is 4.94. The van der Waals surface area contributed by atoms with Crippen molar-refractivity contribution in [1.29, 1.82) is 0 Å². The van der Waals surface area contributed by atoms with Crippen molar-refractivity contribution in [3.63, 3.8) is 0 Å². The van der Waals surface area contributed by atoms with E-state index in [-0.39, 0.29) is 24.2 Å². The fourth-order valence-corrected chi connectivity index (χ4v) is 4.92. The summed E-state index contributed by atoms with van der Waals surface area (Å²) in [5.41, 5.74) is 4.47. The van der Waals surface area contributed by atoms with Gasteiger partial charge in [0.25, 0.3) is 0 Å². The maximum Gasteiger partial charge on any atom is 0.226 e. The molecule has 8 heteroatoms. The number of carbonyl (C=O) groups excluding carboxylic acids is 1. The molecule has 1 aliphatic rings. The van der Waals surface area contributed by atoms with Gasteiger partial charge in [0, 0.05) is 46.9 Å². The summed E-state index contributed by atoms with van der Waals surface area (Å²) in [5.74, 6) is 1.27. The van der Waals surface area contributed by atoms with Gasteiger partial charge in [0.15, 0.2) is 4.96 Å². The lowest BCUT2D eigenvalue weighted by Crippen LogP contribution is -2.25. The zero-order valence-corrected chi connectivity index (χ0v) is 19.2. The van der Waals surface area contributed by atoms with E-state index in [1.165, 1.54) is 23.5 Å². The van der Waals surface area contributed by atoms with E-state index in [0.717, 1.165) is 51.0 Å². The predicted molar refractivity (Wildman–Crippen MR) is 125 cm³/mol. The quantitative estimate of drug-likeness (QED) is 0.427. The van der Waals surface area contributed by atoms with Crippen molar-refractivity contribution >= 4 is 22.2 Å². The molecule has 0 bridgehead atoms. The molecule has 0 saturated carbocycles. The van der Waals surface area contributed by atoms with E-state index in [1.807, 2.05) is 42.0 Å². The van der Waals surface area contributed by atoms with Gasteiger partial charge in [0.1, 0.15) is 23.4 Å². The van der Waals surface area contributed by atoms with Crippen LogP contribution in [0.2, 0.25) is 0 Å². The molecular formula is C25H24FN3O3S. The molecule has 0 fully saturated rings. The molecule has 2 aromatic carbocycles. The number of carbonyl (C=O) groups is 1. The van der Waals surface area contributed by atoms with Gasteiger partial charge in [-0.05, 0) is 50.2 Å². The Bertz CT molecular complexity index is 1310. The number of rotatable bonds is 7. The highest BCUT2D eigenvalue weighted by molar-refractivity contribution is 7.15. The van der Waals surface area contributed by atoms with Crippen LogP contribution in [-0.4, -0.2) is 28.0 Å². The van der Waals surface area contributed by atoms with E-state index in [0.29, 0.717) is 13.2 Å². The maximum absolute atomic E-state index is 13.2. The Balaban J connectivity index is 1.29. The topological polar surface area (TPSA) is 64.9 Å². The number of nitrogens with zero attached hydrogens (tertiary/aromatic N) is 2. The van der Waals surface area contributed by atoms with Crippen LogP contribution in [0.5, 0.6) is 11.5 Å². The molecule has 2 aromatic heterocycles. The summed E-state index contributed by atoms with van der Waals surface area (Å²) in [7, 11) is 0. The fraction of sp³-hybridized carbons (Fsp3) is 0.280. The minimum atomic E-state index is -0.283. The van der Waals surface area contributed by atoms with E-state index in [9.17, 15) is 9.18 Å². The molecule has 4 aromatic rings. The molecule has 0 aliphatic carbocycles. The summed E-state index contributed by atoms with van der Waals surface area (Å²) in [6.45, 7) is 4.90. The molecular weight excluding hydrogens is 441 g/mol. The second kappa shape index (κ2) is 8.86. The average Bonchev–Trinajstić information content (AvgIpc) is 3.47. The lowest BCUT2D eigenvalue weighted by atomic mass is 10.1. The van der Waals surface area contributed by atoms with E-state index in [1.54, 1.807) is 12.1 Å². The van der Waals surface area contributed by atoms with Crippen LogP contribution in [-0.2, 0) is 24.2 Å². The second-order valence-corrected chi connectivity index (χ2v) is 8.94. The zero-order chi connectivity index (χ0) is 22.9. The summed E-state index contributed by atoms with van der Waals surface area (Å²) in [4.78, 5) is 18.1. The lowest BCUT2D eigenvalue weighted by Gasteiger charge is -2.13. The molecule has 1 N–H and O–H groups in total. The Hall–Kier alpha value is -3.39. The first-order valence-corrected chi connectivity index (χ1v) is 11.8. The second-order valence-electron chi connectivity index (χ2n) is 8.10. The monoisotopic (exact) mass is 465 g/mol. The highest BCUT2D eigenvalue weighted by Gasteiger charge is 2.22. The van der Waals surface area contributed by atoms with E-state index < -0.39 is 0 Å². The van der Waals surface area contributed by atoms with Crippen molar-refractivity contribution in [1.82, 2.24) is 14.7 Å². The van der Waals surface area contributed by atoms with E-state index >= 15 is 0 Å². The highest BCUT2D eigenvalue weighted by atomic mass is 32.1. The number of amides is 1. The largest absolute Gasteiger partial charge is 0.494 e. The third-order valence-electron chi connectivity index (χ3n) is 5.62. The first kappa shape index (κ1) is 21.5. The maximum atomic E-state index is 13.2. The summed E-state index contributed by atoms with van der Waals surface area (Å²) in [6.07, 6.45) is 3.12. The van der Waals surface area contributed by atoms with Crippen LogP contribution in [0.3, 0.4) is 0 Å². The van der Waals surface area contributed by atoms with Gasteiger partial charge in [-0.25, -0.2) is 9.37 Å². The Morgan fingerprint density at radius 1 is 1.33 bits per heavy atom. The fourth-order valence-electron chi connectivity index (χ4n) is 4.05. The van der Waals surface area contributed by atoms with Crippen molar-refractivity contribution in [3.05, 3.63) is 70.6 Å². The molecule has 5 rings (SSSR count). The average molecular weight is 466 g/mol. The summed E-state index contributed by atoms with van der Waals surface area (Å²) in [6, 6.07) is 10.2. The van der Waals surface area contributed by atoms with Gasteiger partial charge in [-0.3, -0.25) is 9.20 Å². The van der Waals surface area contributed by atoms with Gasteiger partial charge < -0.3 is 14.8 Å². The van der Waals surface area contributed by atoms with Crippen molar-refractivity contribution in [3.8, 4) is 22.8 Å². The number of fused-ring (bicyclic) bond motifs is 2. The van der Waals surface area contributed by atoms with Crippen LogP contribution in [0.15, 0.2) is 48.0 Å². The summed E-state index contributed by atoms with van der Waals surface area (Å²) >= 11 is 1.47. The van der Waals surface area contributed by atoms with Crippen molar-refractivity contribution in [2.45, 2.75) is 39.3 Å². The Kier molecular flexibility index (Phi) is 5.76. The molecule has 3 heterocycles. The van der Waals surface area contributed by atoms with Crippen molar-refractivity contribution < 1.29 is 18.7 Å². The van der Waals surface area contributed by atoms with Gasteiger partial charge >= 0.3 is 0 Å². The van der Waals surface area contributed by atoms with E-state index in [4.69, 9.17) is 9.47 Å². The number of hydrogen-bond donors (Lipinski definition) is 1. The van der Waals surface area contributed by atoms with Crippen LogP contribution < -0.4 is 14.8 Å². The molecule has 6 nitrogen and oxygen atoms in total. The third kappa shape index (κ3) is 4.43. The number of imidazole rings is 1. The van der Waals surface area contributed by atoms with Gasteiger partial charge in [-0.2, -0.15) is 0 Å². The predicted octanol–water partition coefficient (Wildman–Crippen LogP) is 4.78. The molecule has 170 valence electrons.